The zero-order valence-corrected chi connectivity index (χ0v) is 23.5. The molecule has 206 valence electrons. The topological polar surface area (TPSA) is 66.9 Å². The summed E-state index contributed by atoms with van der Waals surface area (Å²) in [7, 11) is 0. The van der Waals surface area contributed by atoms with Gasteiger partial charge in [-0.3, -0.25) is 9.59 Å². The lowest BCUT2D eigenvalue weighted by Crippen LogP contribution is -2.57. The van der Waals surface area contributed by atoms with Gasteiger partial charge in [-0.1, -0.05) is 102 Å². The summed E-state index contributed by atoms with van der Waals surface area (Å²) >= 11 is 13.2. The minimum absolute atomic E-state index is 0.209. The van der Waals surface area contributed by atoms with Crippen molar-refractivity contribution < 1.29 is 19.1 Å². The highest BCUT2D eigenvalue weighted by molar-refractivity contribution is 6.46. The SMILES string of the molecule is O=C1C(=Cc2cc(Cl)c(OCc3cccc4ccccc34)c(Cl)c2)C(=O)N(c2ccccc2)C(=O)N1c1ccccc1. The number of imide groups is 2. The van der Waals surface area contributed by atoms with Crippen LogP contribution in [-0.2, 0) is 16.2 Å². The van der Waals surface area contributed by atoms with Crippen LogP contribution in [0, 0.1) is 0 Å². The predicted octanol–water partition coefficient (Wildman–Crippen LogP) is 8.31. The molecule has 0 atom stereocenters. The standard InChI is InChI=1S/C34H22Cl2N2O4/c35-29-19-22(20-30(36)31(29)42-21-24-12-9-11-23-10-7-8-17-27(23)24)18-28-32(39)37(25-13-3-1-4-14-25)34(41)38(33(28)40)26-15-5-2-6-16-26/h1-20H,21H2. The van der Waals surface area contributed by atoms with E-state index in [1.807, 2.05) is 42.5 Å². The van der Waals surface area contributed by atoms with Crippen molar-refractivity contribution >= 4 is 69.3 Å². The number of amides is 4. The summed E-state index contributed by atoms with van der Waals surface area (Å²) in [6, 6.07) is 33.2. The number of halogens is 2. The second-order valence-electron chi connectivity index (χ2n) is 9.53. The lowest BCUT2D eigenvalue weighted by molar-refractivity contribution is -0.121. The molecule has 0 spiro atoms. The summed E-state index contributed by atoms with van der Waals surface area (Å²) in [6.07, 6.45) is 1.38. The summed E-state index contributed by atoms with van der Waals surface area (Å²) in [5.41, 5.74) is 1.81. The maximum absolute atomic E-state index is 13.6. The van der Waals surface area contributed by atoms with Crippen molar-refractivity contribution in [1.82, 2.24) is 0 Å². The van der Waals surface area contributed by atoms with Gasteiger partial charge in [0.1, 0.15) is 12.2 Å². The fourth-order valence-electron chi connectivity index (χ4n) is 4.87. The molecule has 0 unspecified atom stereocenters. The molecule has 1 heterocycles. The van der Waals surface area contributed by atoms with Crippen molar-refractivity contribution in [2.24, 2.45) is 0 Å². The summed E-state index contributed by atoms with van der Waals surface area (Å²) in [6.45, 7) is 0.235. The van der Waals surface area contributed by atoms with E-state index in [1.165, 1.54) is 6.08 Å². The normalized spacial score (nSPS) is 13.6. The highest BCUT2D eigenvalue weighted by atomic mass is 35.5. The molecular formula is C34H22Cl2N2O4. The van der Waals surface area contributed by atoms with Gasteiger partial charge < -0.3 is 4.74 Å². The van der Waals surface area contributed by atoms with Crippen LogP contribution in [0.3, 0.4) is 0 Å². The number of carbonyl (C=O) groups is 3. The van der Waals surface area contributed by atoms with E-state index in [1.54, 1.807) is 72.8 Å². The van der Waals surface area contributed by atoms with Crippen LogP contribution < -0.4 is 14.5 Å². The van der Waals surface area contributed by atoms with E-state index in [-0.39, 0.29) is 28.0 Å². The number of ether oxygens (including phenoxy) is 1. The van der Waals surface area contributed by atoms with Crippen molar-refractivity contribution in [3.8, 4) is 5.75 Å². The first-order chi connectivity index (χ1) is 20.4. The maximum Gasteiger partial charge on any atom is 0.343 e. The van der Waals surface area contributed by atoms with Crippen molar-refractivity contribution in [2.45, 2.75) is 6.61 Å². The van der Waals surface area contributed by atoms with Crippen LogP contribution in [0.15, 0.2) is 121 Å². The highest BCUT2D eigenvalue weighted by Crippen LogP contribution is 2.37. The van der Waals surface area contributed by atoms with Gasteiger partial charge in [-0.25, -0.2) is 14.6 Å². The van der Waals surface area contributed by atoms with Crippen molar-refractivity contribution in [2.75, 3.05) is 9.80 Å². The molecule has 0 bridgehead atoms. The first kappa shape index (κ1) is 27.3. The fourth-order valence-corrected chi connectivity index (χ4v) is 5.49. The average molecular weight is 593 g/mol. The smallest absolute Gasteiger partial charge is 0.343 e. The fraction of sp³-hybridized carbons (Fsp3) is 0.0294. The molecule has 0 aliphatic carbocycles. The third-order valence-electron chi connectivity index (χ3n) is 6.86. The van der Waals surface area contributed by atoms with E-state index >= 15 is 0 Å². The van der Waals surface area contributed by atoms with E-state index in [4.69, 9.17) is 27.9 Å². The molecule has 5 aromatic carbocycles. The number of hydrogen-bond acceptors (Lipinski definition) is 4. The number of carbonyl (C=O) groups excluding carboxylic acids is 3. The molecule has 1 fully saturated rings. The molecule has 1 aliphatic heterocycles. The van der Waals surface area contributed by atoms with E-state index in [2.05, 4.69) is 0 Å². The van der Waals surface area contributed by atoms with Crippen LogP contribution >= 0.6 is 23.2 Å². The minimum atomic E-state index is -0.771. The van der Waals surface area contributed by atoms with Crippen LogP contribution in [-0.4, -0.2) is 17.8 Å². The Morgan fingerprint density at radius 3 is 1.76 bits per heavy atom. The molecule has 6 nitrogen and oxygen atoms in total. The third-order valence-corrected chi connectivity index (χ3v) is 7.42. The Labute approximate surface area is 252 Å². The quantitative estimate of drug-likeness (QED) is 0.147. The summed E-state index contributed by atoms with van der Waals surface area (Å²) in [5, 5.41) is 2.57. The maximum atomic E-state index is 13.6. The molecule has 0 aromatic heterocycles. The monoisotopic (exact) mass is 592 g/mol. The molecule has 0 N–H and O–H groups in total. The average Bonchev–Trinajstić information content (AvgIpc) is 3.00. The van der Waals surface area contributed by atoms with Gasteiger partial charge in [0.25, 0.3) is 11.8 Å². The second kappa shape index (κ2) is 11.5. The van der Waals surface area contributed by atoms with Gasteiger partial charge in [-0.2, -0.15) is 0 Å². The lowest BCUT2D eigenvalue weighted by Gasteiger charge is -2.33. The molecule has 5 aromatic rings. The summed E-state index contributed by atoms with van der Waals surface area (Å²) in [5.74, 6) is -1.24. The van der Waals surface area contributed by atoms with Gasteiger partial charge in [0.15, 0.2) is 5.75 Å². The van der Waals surface area contributed by atoms with E-state index < -0.39 is 17.8 Å². The van der Waals surface area contributed by atoms with Crippen LogP contribution in [0.4, 0.5) is 16.2 Å². The number of barbiturate groups is 1. The van der Waals surface area contributed by atoms with Crippen LogP contribution in [0.5, 0.6) is 5.75 Å². The van der Waals surface area contributed by atoms with Gasteiger partial charge in [0, 0.05) is 0 Å². The third kappa shape index (κ3) is 5.14. The zero-order valence-electron chi connectivity index (χ0n) is 22.0. The number of urea groups is 1. The van der Waals surface area contributed by atoms with Crippen molar-refractivity contribution in [3.63, 3.8) is 0 Å². The van der Waals surface area contributed by atoms with Gasteiger partial charge in [-0.15, -0.1) is 0 Å². The minimum Gasteiger partial charge on any atom is -0.486 e. The lowest BCUT2D eigenvalue weighted by atomic mass is 10.0. The first-order valence-corrected chi connectivity index (χ1v) is 13.8. The Bertz CT molecular complexity index is 1780. The number of hydrogen-bond donors (Lipinski definition) is 0. The zero-order chi connectivity index (χ0) is 29.2. The van der Waals surface area contributed by atoms with Gasteiger partial charge in [0.2, 0.25) is 0 Å². The van der Waals surface area contributed by atoms with Gasteiger partial charge in [0.05, 0.1) is 21.4 Å². The highest BCUT2D eigenvalue weighted by Gasteiger charge is 2.43. The predicted molar refractivity (Wildman–Crippen MR) is 166 cm³/mol. The Balaban J connectivity index is 1.35. The summed E-state index contributed by atoms with van der Waals surface area (Å²) in [4.78, 5) is 42.7. The number of rotatable bonds is 6. The number of para-hydroxylation sites is 2. The van der Waals surface area contributed by atoms with Gasteiger partial charge >= 0.3 is 6.03 Å². The number of anilines is 2. The number of nitrogens with zero attached hydrogens (tertiary/aromatic N) is 2. The molecule has 8 heteroatoms. The Morgan fingerprint density at radius 1 is 0.643 bits per heavy atom. The first-order valence-electron chi connectivity index (χ1n) is 13.1. The van der Waals surface area contributed by atoms with Gasteiger partial charge in [-0.05, 0) is 64.4 Å². The Hall–Kier alpha value is -4.91. The Kier molecular flexibility index (Phi) is 7.48. The molecular weight excluding hydrogens is 571 g/mol. The molecule has 0 radical (unpaired) electrons. The number of benzene rings is 5. The molecule has 1 saturated heterocycles. The van der Waals surface area contributed by atoms with E-state index in [0.29, 0.717) is 16.9 Å². The van der Waals surface area contributed by atoms with Crippen molar-refractivity contribution in [1.29, 1.82) is 0 Å². The Morgan fingerprint density at radius 2 is 1.17 bits per heavy atom. The van der Waals surface area contributed by atoms with E-state index in [0.717, 1.165) is 26.1 Å². The van der Waals surface area contributed by atoms with E-state index in [9.17, 15) is 14.4 Å². The van der Waals surface area contributed by atoms with Crippen LogP contribution in [0.25, 0.3) is 16.8 Å². The summed E-state index contributed by atoms with van der Waals surface area (Å²) < 4.78 is 6.03. The molecule has 6 rings (SSSR count). The second-order valence-corrected chi connectivity index (χ2v) is 10.3. The number of fused-ring (bicyclic) bond motifs is 1. The van der Waals surface area contributed by atoms with Crippen molar-refractivity contribution in [3.05, 3.63) is 142 Å². The van der Waals surface area contributed by atoms with Crippen LogP contribution in [0.2, 0.25) is 10.0 Å². The largest absolute Gasteiger partial charge is 0.486 e. The molecule has 0 saturated carbocycles. The molecule has 4 amide bonds. The molecule has 42 heavy (non-hydrogen) atoms. The van der Waals surface area contributed by atoms with Crippen LogP contribution in [0.1, 0.15) is 11.1 Å². The molecule has 1 aliphatic rings.